The second-order valence-corrected chi connectivity index (χ2v) is 5.27. The Morgan fingerprint density at radius 1 is 1.26 bits per heavy atom. The molecule has 0 bridgehead atoms. The van der Waals surface area contributed by atoms with Crippen LogP contribution in [0.5, 0.6) is 0 Å². The summed E-state index contributed by atoms with van der Waals surface area (Å²) in [5.74, 6) is 0.580. The first kappa shape index (κ1) is 14.7. The van der Waals surface area contributed by atoms with E-state index >= 15 is 0 Å². The summed E-state index contributed by atoms with van der Waals surface area (Å²) in [6, 6.07) is 8.42. The number of nitrogens with one attached hydrogen (secondary N) is 1. The molecule has 0 atom stereocenters. The number of halogens is 3. The van der Waals surface area contributed by atoms with Crippen molar-refractivity contribution in [1.29, 1.82) is 0 Å². The Labute approximate surface area is 117 Å². The van der Waals surface area contributed by atoms with E-state index in [9.17, 15) is 8.78 Å². The normalized spacial score (nSPS) is 22.5. The molecule has 1 aromatic rings. The number of rotatable bonds is 7. The van der Waals surface area contributed by atoms with Crippen molar-refractivity contribution in [3.63, 3.8) is 0 Å². The molecule has 1 aliphatic rings. The Hall–Kier alpha value is -0.710. The molecule has 0 radical (unpaired) electrons. The molecule has 1 fully saturated rings. The molecule has 0 spiro atoms. The number of hydrogen-bond acceptors (Lipinski definition) is 2. The molecule has 0 unspecified atom stereocenters. The van der Waals surface area contributed by atoms with Crippen molar-refractivity contribution >= 4 is 11.6 Å². The summed E-state index contributed by atoms with van der Waals surface area (Å²) in [6.07, 6.45) is -0.217. The van der Waals surface area contributed by atoms with Crippen molar-refractivity contribution in [3.05, 3.63) is 34.9 Å². The van der Waals surface area contributed by atoms with E-state index in [1.807, 2.05) is 12.1 Å². The van der Waals surface area contributed by atoms with Crippen LogP contribution in [-0.4, -0.2) is 32.2 Å². The van der Waals surface area contributed by atoms with Crippen LogP contribution >= 0.6 is 11.6 Å². The lowest BCUT2D eigenvalue weighted by molar-refractivity contribution is 0.0174. The van der Waals surface area contributed by atoms with Gasteiger partial charge in [0.2, 0.25) is 0 Å². The van der Waals surface area contributed by atoms with Gasteiger partial charge in [-0.15, -0.1) is 0 Å². The highest BCUT2D eigenvalue weighted by atomic mass is 35.5. The summed E-state index contributed by atoms with van der Waals surface area (Å²) in [5.41, 5.74) is 1.32. The van der Waals surface area contributed by atoms with E-state index in [2.05, 4.69) is 17.4 Å². The molecule has 0 saturated heterocycles. The van der Waals surface area contributed by atoms with Crippen LogP contribution in [0.4, 0.5) is 8.78 Å². The molecule has 0 amide bonds. The maximum atomic E-state index is 11.8. The molecule has 2 rings (SSSR count). The smallest absolute Gasteiger partial charge is 0.261 e. The van der Waals surface area contributed by atoms with Crippen molar-refractivity contribution in [1.82, 2.24) is 5.32 Å². The third-order valence-corrected chi connectivity index (χ3v) is 3.65. The fourth-order valence-corrected chi connectivity index (χ4v) is 2.43. The van der Waals surface area contributed by atoms with Crippen LogP contribution in [-0.2, 0) is 4.74 Å². The molecule has 106 valence electrons. The van der Waals surface area contributed by atoms with Crippen molar-refractivity contribution in [3.8, 4) is 0 Å². The van der Waals surface area contributed by atoms with Gasteiger partial charge >= 0.3 is 0 Å². The summed E-state index contributed by atoms with van der Waals surface area (Å²) in [7, 11) is 0. The van der Waals surface area contributed by atoms with Gasteiger partial charge in [0.25, 0.3) is 6.43 Å². The first-order valence-corrected chi connectivity index (χ1v) is 6.87. The predicted octanol–water partition coefficient (Wildman–Crippen LogP) is 3.46. The Balaban J connectivity index is 1.57. The first-order chi connectivity index (χ1) is 9.15. The predicted molar refractivity (Wildman–Crippen MR) is 72.0 cm³/mol. The van der Waals surface area contributed by atoms with Crippen LogP contribution in [0.15, 0.2) is 24.3 Å². The van der Waals surface area contributed by atoms with Crippen LogP contribution in [0.1, 0.15) is 24.3 Å². The number of hydrogen-bond donors (Lipinski definition) is 1. The third-order valence-electron chi connectivity index (χ3n) is 3.40. The average Bonchev–Trinajstić information content (AvgIpc) is 2.32. The van der Waals surface area contributed by atoms with E-state index < -0.39 is 13.0 Å². The molecular weight excluding hydrogens is 272 g/mol. The van der Waals surface area contributed by atoms with E-state index in [0.29, 0.717) is 25.1 Å². The largest absolute Gasteiger partial charge is 0.374 e. The average molecular weight is 290 g/mol. The lowest BCUT2D eigenvalue weighted by atomic mass is 9.76. The molecule has 1 N–H and O–H groups in total. The first-order valence-electron chi connectivity index (χ1n) is 6.50. The Kier molecular flexibility index (Phi) is 5.55. The maximum absolute atomic E-state index is 11.8. The van der Waals surface area contributed by atoms with Crippen molar-refractivity contribution < 1.29 is 13.5 Å². The monoisotopic (exact) mass is 289 g/mol. The fourth-order valence-electron chi connectivity index (χ4n) is 2.30. The van der Waals surface area contributed by atoms with Gasteiger partial charge < -0.3 is 10.1 Å². The molecule has 1 aliphatic carbocycles. The lowest BCUT2D eigenvalue weighted by Gasteiger charge is -2.36. The van der Waals surface area contributed by atoms with E-state index in [-0.39, 0.29) is 0 Å². The van der Waals surface area contributed by atoms with Gasteiger partial charge in [-0.2, -0.15) is 0 Å². The SMILES string of the molecule is FC(F)COCCNC1CC(c2ccc(Cl)cc2)C1. The van der Waals surface area contributed by atoms with Gasteiger partial charge in [0.05, 0.1) is 6.61 Å². The highest BCUT2D eigenvalue weighted by Crippen LogP contribution is 2.37. The quantitative estimate of drug-likeness (QED) is 0.776. The zero-order chi connectivity index (χ0) is 13.7. The summed E-state index contributed by atoms with van der Waals surface area (Å²) < 4.78 is 28.4. The standard InChI is InChI=1S/C14H18ClF2NO/c15-12-3-1-10(2-4-12)11-7-13(8-11)18-5-6-19-9-14(16)17/h1-4,11,13-14,18H,5-9H2. The van der Waals surface area contributed by atoms with Gasteiger partial charge in [-0.05, 0) is 36.5 Å². The molecule has 0 aliphatic heterocycles. The number of alkyl halides is 2. The fraction of sp³-hybridized carbons (Fsp3) is 0.571. The van der Waals surface area contributed by atoms with Crippen LogP contribution in [0.2, 0.25) is 5.02 Å². The molecule has 1 aromatic carbocycles. The van der Waals surface area contributed by atoms with E-state index in [1.54, 1.807) is 0 Å². The van der Waals surface area contributed by atoms with Crippen LogP contribution in [0.25, 0.3) is 0 Å². The summed E-state index contributed by atoms with van der Waals surface area (Å²) in [5, 5.41) is 4.07. The van der Waals surface area contributed by atoms with Crippen molar-refractivity contribution in [2.75, 3.05) is 19.8 Å². The van der Waals surface area contributed by atoms with Crippen molar-refractivity contribution in [2.24, 2.45) is 0 Å². The second-order valence-electron chi connectivity index (χ2n) is 4.84. The zero-order valence-electron chi connectivity index (χ0n) is 10.6. The minimum Gasteiger partial charge on any atom is -0.374 e. The van der Waals surface area contributed by atoms with Gasteiger partial charge in [0, 0.05) is 17.6 Å². The minimum absolute atomic E-state index is 0.340. The van der Waals surface area contributed by atoms with Gasteiger partial charge in [-0.1, -0.05) is 23.7 Å². The lowest BCUT2D eigenvalue weighted by Crippen LogP contribution is -2.41. The zero-order valence-corrected chi connectivity index (χ0v) is 11.4. The molecule has 19 heavy (non-hydrogen) atoms. The summed E-state index contributed by atoms with van der Waals surface area (Å²) in [4.78, 5) is 0. The molecule has 5 heteroatoms. The Morgan fingerprint density at radius 3 is 2.58 bits per heavy atom. The van der Waals surface area contributed by atoms with Gasteiger partial charge in [-0.3, -0.25) is 0 Å². The van der Waals surface area contributed by atoms with Gasteiger partial charge in [0.15, 0.2) is 0 Å². The number of ether oxygens (including phenoxy) is 1. The molecular formula is C14H18ClF2NO. The van der Waals surface area contributed by atoms with Crippen molar-refractivity contribution in [2.45, 2.75) is 31.2 Å². The number of benzene rings is 1. The van der Waals surface area contributed by atoms with E-state index in [1.165, 1.54) is 5.56 Å². The Morgan fingerprint density at radius 2 is 1.95 bits per heavy atom. The highest BCUT2D eigenvalue weighted by molar-refractivity contribution is 6.30. The summed E-state index contributed by atoms with van der Waals surface area (Å²) in [6.45, 7) is 0.497. The minimum atomic E-state index is -2.38. The van der Waals surface area contributed by atoms with E-state index in [4.69, 9.17) is 16.3 Å². The highest BCUT2D eigenvalue weighted by Gasteiger charge is 2.29. The Bertz CT molecular complexity index is 380. The van der Waals surface area contributed by atoms with Crippen LogP contribution in [0, 0.1) is 0 Å². The topological polar surface area (TPSA) is 21.3 Å². The van der Waals surface area contributed by atoms with Gasteiger partial charge in [0.1, 0.15) is 6.61 Å². The maximum Gasteiger partial charge on any atom is 0.261 e. The third kappa shape index (κ3) is 4.71. The van der Waals surface area contributed by atoms with Crippen LogP contribution in [0.3, 0.4) is 0 Å². The van der Waals surface area contributed by atoms with Gasteiger partial charge in [-0.25, -0.2) is 8.78 Å². The molecule has 0 heterocycles. The molecule has 1 saturated carbocycles. The molecule has 2 nitrogen and oxygen atoms in total. The van der Waals surface area contributed by atoms with Crippen LogP contribution < -0.4 is 5.32 Å². The summed E-state index contributed by atoms with van der Waals surface area (Å²) >= 11 is 5.85. The molecule has 0 aromatic heterocycles. The van der Waals surface area contributed by atoms with E-state index in [0.717, 1.165) is 17.9 Å². The second kappa shape index (κ2) is 7.17.